The third kappa shape index (κ3) is 6.46. The van der Waals surface area contributed by atoms with Crippen molar-refractivity contribution in [2.45, 2.75) is 44.3 Å². The minimum atomic E-state index is -4.35. The Bertz CT molecular complexity index is 1170. The van der Waals surface area contributed by atoms with Crippen molar-refractivity contribution in [1.29, 1.82) is 0 Å². The molecular formula is C25H29F3N6OS. The monoisotopic (exact) mass is 518 g/mol. The van der Waals surface area contributed by atoms with Crippen molar-refractivity contribution in [1.82, 2.24) is 9.88 Å². The average Bonchev–Trinajstić information content (AvgIpc) is 3.35. The number of aryl methyl sites for hydroxylation is 1. The molecule has 7 nitrogen and oxygen atoms in total. The summed E-state index contributed by atoms with van der Waals surface area (Å²) in [5, 5.41) is 6.44. The van der Waals surface area contributed by atoms with Crippen LogP contribution in [0.5, 0.6) is 0 Å². The highest BCUT2D eigenvalue weighted by Crippen LogP contribution is 2.32. The highest BCUT2D eigenvalue weighted by atomic mass is 32.1. The Morgan fingerprint density at radius 1 is 1.14 bits per heavy atom. The van der Waals surface area contributed by atoms with Crippen molar-refractivity contribution in [2.24, 2.45) is 5.84 Å². The van der Waals surface area contributed by atoms with Crippen LogP contribution >= 0.6 is 11.3 Å². The second-order valence-electron chi connectivity index (χ2n) is 8.83. The maximum Gasteiger partial charge on any atom is 0.416 e. The summed E-state index contributed by atoms with van der Waals surface area (Å²) in [6, 6.07) is 10.5. The van der Waals surface area contributed by atoms with Crippen molar-refractivity contribution in [3.8, 4) is 0 Å². The summed E-state index contributed by atoms with van der Waals surface area (Å²) in [4.78, 5) is 19.3. The quantitative estimate of drug-likeness (QED) is 0.190. The number of nitrogen functional groups attached to an aromatic ring is 2. The molecule has 3 aromatic rings. The van der Waals surface area contributed by atoms with Crippen molar-refractivity contribution in [3.63, 3.8) is 0 Å². The van der Waals surface area contributed by atoms with Gasteiger partial charge in [0.2, 0.25) is 5.91 Å². The number of carbonyl (C=O) groups excluding carboxylic acids is 1. The number of aromatic nitrogens is 1. The maximum atomic E-state index is 12.7. The van der Waals surface area contributed by atoms with Gasteiger partial charge in [-0.05, 0) is 55.2 Å². The molecule has 0 unspecified atom stereocenters. The first-order valence-electron chi connectivity index (χ1n) is 11.7. The van der Waals surface area contributed by atoms with E-state index in [1.54, 1.807) is 11.3 Å². The van der Waals surface area contributed by atoms with Gasteiger partial charge < -0.3 is 21.4 Å². The number of thiazole rings is 1. The number of benzene rings is 2. The van der Waals surface area contributed by atoms with E-state index in [0.717, 1.165) is 46.9 Å². The molecule has 4 rings (SSSR count). The molecule has 0 saturated carbocycles. The fourth-order valence-electron chi connectivity index (χ4n) is 4.23. The molecule has 1 aliphatic heterocycles. The lowest BCUT2D eigenvalue weighted by atomic mass is 9.97. The Kier molecular flexibility index (Phi) is 8.00. The lowest BCUT2D eigenvalue weighted by Crippen LogP contribution is -2.38. The van der Waals surface area contributed by atoms with E-state index in [1.807, 2.05) is 28.5 Å². The first-order chi connectivity index (χ1) is 17.2. The smallest absolute Gasteiger partial charge is 0.397 e. The Morgan fingerprint density at radius 3 is 2.50 bits per heavy atom. The number of nitrogens with one attached hydrogen (secondary N) is 2. The first-order valence-corrected chi connectivity index (χ1v) is 12.6. The van der Waals surface area contributed by atoms with Gasteiger partial charge in [-0.2, -0.15) is 13.2 Å². The van der Waals surface area contributed by atoms with Gasteiger partial charge in [-0.1, -0.05) is 12.1 Å². The normalized spacial score (nSPS) is 14.6. The number of nitrogens with zero attached hydrogens (tertiary/aromatic N) is 2. The number of nitrogens with two attached hydrogens (primary N) is 2. The molecule has 0 radical (unpaired) electrons. The van der Waals surface area contributed by atoms with Gasteiger partial charge in [0.1, 0.15) is 0 Å². The SMILES string of the molecule is NNc1ccc(NCc2csc(C3CCN(C(=O)CCc4ccc(C(F)(F)F)cc4)CC3)n2)cc1N. The molecule has 1 saturated heterocycles. The van der Waals surface area contributed by atoms with Gasteiger partial charge >= 0.3 is 6.18 Å². The van der Waals surface area contributed by atoms with Crippen LogP contribution < -0.4 is 22.3 Å². The minimum Gasteiger partial charge on any atom is -0.397 e. The molecule has 6 N–H and O–H groups in total. The molecule has 0 spiro atoms. The predicted octanol–water partition coefficient (Wildman–Crippen LogP) is 4.98. The number of hydrogen-bond donors (Lipinski definition) is 4. The number of hydrogen-bond acceptors (Lipinski definition) is 7. The van der Waals surface area contributed by atoms with Crippen LogP contribution in [0.25, 0.3) is 0 Å². The number of likely N-dealkylation sites (tertiary alicyclic amines) is 1. The number of piperidine rings is 1. The Balaban J connectivity index is 1.22. The van der Waals surface area contributed by atoms with E-state index in [-0.39, 0.29) is 12.3 Å². The van der Waals surface area contributed by atoms with Gasteiger partial charge in [0.15, 0.2) is 0 Å². The predicted molar refractivity (Wildman–Crippen MR) is 136 cm³/mol. The van der Waals surface area contributed by atoms with Crippen LogP contribution in [0.3, 0.4) is 0 Å². The summed E-state index contributed by atoms with van der Waals surface area (Å²) < 4.78 is 38.1. The molecule has 1 amide bonds. The molecule has 192 valence electrons. The van der Waals surface area contributed by atoms with E-state index in [1.165, 1.54) is 12.1 Å². The second-order valence-corrected chi connectivity index (χ2v) is 9.72. The number of anilines is 3. The zero-order valence-corrected chi connectivity index (χ0v) is 20.5. The van der Waals surface area contributed by atoms with E-state index < -0.39 is 11.7 Å². The van der Waals surface area contributed by atoms with Gasteiger partial charge in [-0.25, -0.2) is 4.98 Å². The number of amides is 1. The van der Waals surface area contributed by atoms with Crippen molar-refractivity contribution < 1.29 is 18.0 Å². The lowest BCUT2D eigenvalue weighted by molar-refractivity contribution is -0.137. The van der Waals surface area contributed by atoms with Crippen LogP contribution in [0.2, 0.25) is 0 Å². The molecular weight excluding hydrogens is 489 g/mol. The molecule has 2 heterocycles. The van der Waals surface area contributed by atoms with Gasteiger partial charge in [0.05, 0.1) is 34.2 Å². The van der Waals surface area contributed by atoms with Crippen molar-refractivity contribution >= 4 is 34.3 Å². The maximum absolute atomic E-state index is 12.7. The van der Waals surface area contributed by atoms with E-state index in [0.29, 0.717) is 43.3 Å². The molecule has 1 aliphatic rings. The van der Waals surface area contributed by atoms with Crippen molar-refractivity contribution in [3.05, 3.63) is 69.7 Å². The fourth-order valence-corrected chi connectivity index (χ4v) is 5.22. The van der Waals surface area contributed by atoms with E-state index in [2.05, 4.69) is 10.7 Å². The van der Waals surface area contributed by atoms with Crippen molar-refractivity contribution in [2.75, 3.05) is 29.6 Å². The number of carbonyl (C=O) groups is 1. The van der Waals surface area contributed by atoms with Crippen LogP contribution in [-0.2, 0) is 23.9 Å². The van der Waals surface area contributed by atoms with E-state index in [9.17, 15) is 18.0 Å². The highest BCUT2D eigenvalue weighted by molar-refractivity contribution is 7.09. The Hall–Kier alpha value is -3.31. The van der Waals surface area contributed by atoms with Gasteiger partial charge in [-0.15, -0.1) is 11.3 Å². The first kappa shape index (κ1) is 25.8. The summed E-state index contributed by atoms with van der Waals surface area (Å²) >= 11 is 1.63. The van der Waals surface area contributed by atoms with Gasteiger partial charge in [0.25, 0.3) is 0 Å². The molecule has 0 bridgehead atoms. The standard InChI is InChI=1S/C25H29F3N6OS/c26-25(27,28)18-4-1-16(2-5-18)3-8-23(35)34-11-9-17(10-12-34)24-32-20(15-36-24)14-31-19-6-7-22(33-30)21(29)13-19/h1-2,4-7,13,15,17,31,33H,3,8-12,14,29-30H2. The molecule has 0 atom stereocenters. The molecule has 36 heavy (non-hydrogen) atoms. The van der Waals surface area contributed by atoms with Gasteiger partial charge in [-0.3, -0.25) is 10.6 Å². The second kappa shape index (κ2) is 11.2. The zero-order valence-electron chi connectivity index (χ0n) is 19.6. The average molecular weight is 519 g/mol. The number of rotatable bonds is 8. The fraction of sp³-hybridized carbons (Fsp3) is 0.360. The topological polar surface area (TPSA) is 109 Å². The van der Waals surface area contributed by atoms with Crippen LogP contribution in [0.4, 0.5) is 30.2 Å². The summed E-state index contributed by atoms with van der Waals surface area (Å²) in [6.07, 6.45) is -1.95. The van der Waals surface area contributed by atoms with Crippen LogP contribution in [0, 0.1) is 0 Å². The Labute approximate surface area is 211 Å². The molecule has 2 aromatic carbocycles. The van der Waals surface area contributed by atoms with Crippen LogP contribution in [-0.4, -0.2) is 28.9 Å². The molecule has 1 aromatic heterocycles. The van der Waals surface area contributed by atoms with Gasteiger partial charge in [0, 0.05) is 36.5 Å². The summed E-state index contributed by atoms with van der Waals surface area (Å²) in [7, 11) is 0. The van der Waals surface area contributed by atoms with Crippen LogP contribution in [0.1, 0.15) is 47.0 Å². The third-order valence-electron chi connectivity index (χ3n) is 6.36. The molecule has 0 aliphatic carbocycles. The minimum absolute atomic E-state index is 0.0347. The zero-order chi connectivity index (χ0) is 25.7. The summed E-state index contributed by atoms with van der Waals surface area (Å²) in [5.41, 5.74) is 11.6. The number of alkyl halides is 3. The Morgan fingerprint density at radius 2 is 1.86 bits per heavy atom. The third-order valence-corrected chi connectivity index (χ3v) is 7.41. The molecule has 1 fully saturated rings. The number of hydrazine groups is 1. The summed E-state index contributed by atoms with van der Waals surface area (Å²) in [6.45, 7) is 1.89. The number of halogens is 3. The summed E-state index contributed by atoms with van der Waals surface area (Å²) in [5.74, 6) is 5.76. The molecule has 11 heteroatoms. The highest BCUT2D eigenvalue weighted by Gasteiger charge is 2.30. The van der Waals surface area contributed by atoms with Crippen LogP contribution in [0.15, 0.2) is 47.8 Å². The largest absolute Gasteiger partial charge is 0.416 e. The van der Waals surface area contributed by atoms with E-state index >= 15 is 0 Å². The lowest BCUT2D eigenvalue weighted by Gasteiger charge is -2.31. The van der Waals surface area contributed by atoms with E-state index in [4.69, 9.17) is 16.6 Å².